The van der Waals surface area contributed by atoms with Crippen molar-refractivity contribution in [2.24, 2.45) is 0 Å². The van der Waals surface area contributed by atoms with Crippen LogP contribution in [0.1, 0.15) is 0 Å². The van der Waals surface area contributed by atoms with Crippen molar-refractivity contribution in [1.29, 1.82) is 0 Å². The molecule has 0 aliphatic carbocycles. The van der Waals surface area contributed by atoms with Gasteiger partial charge < -0.3 is 0 Å². The number of fused-ring (bicyclic) bond motifs is 12. The Morgan fingerprint density at radius 2 is 1.13 bits per heavy atom. The molecule has 218 valence electrons. The van der Waals surface area contributed by atoms with E-state index in [1.807, 2.05) is 22.7 Å². The average molecular weight is 634 g/mol. The summed E-state index contributed by atoms with van der Waals surface area (Å²) in [4.78, 5) is 10.7. The summed E-state index contributed by atoms with van der Waals surface area (Å²) in [5.74, 6) is 0.692. The van der Waals surface area contributed by atoms with Gasteiger partial charge in [-0.05, 0) is 47.2 Å². The van der Waals surface area contributed by atoms with E-state index >= 15 is 0 Å². The normalized spacial score (nSPS) is 12.3. The third kappa shape index (κ3) is 3.61. The molecule has 0 saturated carbocycles. The third-order valence-electron chi connectivity index (χ3n) is 9.58. The largest absolute Gasteiger partial charge is 0.276 e. The third-order valence-corrected chi connectivity index (χ3v) is 11.9. The molecule has 0 spiro atoms. The highest BCUT2D eigenvalue weighted by Gasteiger charge is 2.21. The number of thiophene rings is 2. The monoisotopic (exact) mass is 633 g/mol. The molecular weight excluding hydrogens is 611 g/mol. The van der Waals surface area contributed by atoms with Gasteiger partial charge in [-0.2, -0.15) is 0 Å². The molecule has 0 aliphatic rings. The number of nitrogens with zero attached hydrogens (tertiary/aromatic N) is 3. The number of aromatic nitrogens is 3. The molecule has 0 unspecified atom stereocenters. The van der Waals surface area contributed by atoms with E-state index in [2.05, 4.69) is 144 Å². The first-order valence-corrected chi connectivity index (χ1v) is 17.4. The van der Waals surface area contributed by atoms with Crippen molar-refractivity contribution in [1.82, 2.24) is 14.5 Å². The van der Waals surface area contributed by atoms with Crippen LogP contribution in [0, 0.1) is 0 Å². The molecule has 7 aromatic carbocycles. The maximum atomic E-state index is 5.44. The second-order valence-corrected chi connectivity index (χ2v) is 14.3. The second-order valence-electron chi connectivity index (χ2n) is 12.2. The van der Waals surface area contributed by atoms with Crippen LogP contribution in [0.4, 0.5) is 0 Å². The number of rotatable bonds is 2. The minimum Gasteiger partial charge on any atom is -0.276 e. The first kappa shape index (κ1) is 25.6. The minimum absolute atomic E-state index is 0.692. The van der Waals surface area contributed by atoms with Crippen molar-refractivity contribution < 1.29 is 0 Å². The van der Waals surface area contributed by atoms with Gasteiger partial charge in [-0.1, -0.05) is 103 Å². The second kappa shape index (κ2) is 9.46. The minimum atomic E-state index is 0.692. The highest BCUT2D eigenvalue weighted by Crippen LogP contribution is 2.43. The SMILES string of the molecule is c1ccc2cc3c(cc2c1)sc1cc(-c2nc(-n4c5ccccc5c5ccc6c7ccccc7sc6c54)nc4ccccc24)ccc13. The van der Waals surface area contributed by atoms with Crippen LogP contribution in [-0.2, 0) is 0 Å². The lowest BCUT2D eigenvalue weighted by molar-refractivity contribution is 1.02. The zero-order valence-corrected chi connectivity index (χ0v) is 26.6. The first-order valence-electron chi connectivity index (χ1n) is 15.7. The molecule has 0 bridgehead atoms. The van der Waals surface area contributed by atoms with E-state index in [9.17, 15) is 0 Å². The summed E-state index contributed by atoms with van der Waals surface area (Å²) in [7, 11) is 0. The molecule has 3 nitrogen and oxygen atoms in total. The van der Waals surface area contributed by atoms with Crippen molar-refractivity contribution in [2.45, 2.75) is 0 Å². The Morgan fingerprint density at radius 1 is 0.447 bits per heavy atom. The topological polar surface area (TPSA) is 30.7 Å². The fourth-order valence-electron chi connectivity index (χ4n) is 7.43. The van der Waals surface area contributed by atoms with E-state index in [4.69, 9.17) is 9.97 Å². The van der Waals surface area contributed by atoms with Crippen molar-refractivity contribution >= 4 is 106 Å². The summed E-state index contributed by atoms with van der Waals surface area (Å²) < 4.78 is 7.42. The summed E-state index contributed by atoms with van der Waals surface area (Å²) >= 11 is 3.70. The van der Waals surface area contributed by atoms with E-state index in [0.29, 0.717) is 5.95 Å². The number of hydrogen-bond acceptors (Lipinski definition) is 4. The molecule has 4 heterocycles. The van der Waals surface area contributed by atoms with Crippen LogP contribution in [0.3, 0.4) is 0 Å². The summed E-state index contributed by atoms with van der Waals surface area (Å²) in [6, 6.07) is 50.4. The molecule has 0 fully saturated rings. The summed E-state index contributed by atoms with van der Waals surface area (Å²) in [5, 5.41) is 11.2. The summed E-state index contributed by atoms with van der Waals surface area (Å²) in [6.45, 7) is 0. The smallest absolute Gasteiger partial charge is 0.235 e. The van der Waals surface area contributed by atoms with Gasteiger partial charge in [0.15, 0.2) is 0 Å². The molecular formula is C42H23N3S2. The van der Waals surface area contributed by atoms with Gasteiger partial charge in [0, 0.05) is 57.4 Å². The average Bonchev–Trinajstić information content (AvgIpc) is 3.79. The maximum Gasteiger partial charge on any atom is 0.235 e. The van der Waals surface area contributed by atoms with E-state index in [1.54, 1.807) is 0 Å². The van der Waals surface area contributed by atoms with Gasteiger partial charge in [0.25, 0.3) is 0 Å². The first-order chi connectivity index (χ1) is 23.3. The van der Waals surface area contributed by atoms with Crippen molar-refractivity contribution in [3.05, 3.63) is 140 Å². The molecule has 11 aromatic rings. The van der Waals surface area contributed by atoms with Gasteiger partial charge in [-0.3, -0.25) is 4.57 Å². The van der Waals surface area contributed by atoms with Crippen LogP contribution in [0.25, 0.3) is 101 Å². The zero-order chi connectivity index (χ0) is 30.6. The molecule has 0 atom stereocenters. The van der Waals surface area contributed by atoms with Crippen molar-refractivity contribution in [2.75, 3.05) is 0 Å². The molecule has 0 radical (unpaired) electrons. The van der Waals surface area contributed by atoms with E-state index in [1.165, 1.54) is 61.9 Å². The molecule has 0 aliphatic heterocycles. The summed E-state index contributed by atoms with van der Waals surface area (Å²) in [6.07, 6.45) is 0. The number of benzene rings is 7. The predicted molar refractivity (Wildman–Crippen MR) is 203 cm³/mol. The Labute approximate surface area is 276 Å². The Morgan fingerprint density at radius 3 is 2.04 bits per heavy atom. The van der Waals surface area contributed by atoms with Crippen molar-refractivity contribution in [3.63, 3.8) is 0 Å². The Hall–Kier alpha value is -5.62. The van der Waals surface area contributed by atoms with Gasteiger partial charge in [0.05, 0.1) is 26.9 Å². The predicted octanol–water partition coefficient (Wildman–Crippen LogP) is 12.3. The standard InChI is InChI=1S/C42H23N3S2/c1-2-10-25-22-38-33(21-24(25)9-1)29-18-17-26(23-37(29)46-38)39-32-13-3-6-14-34(32)43-42(44-39)45-35-15-7-4-11-27(35)30-19-20-31-28-12-5-8-16-36(28)47-41(31)40(30)45/h1-23H. The molecule has 4 aromatic heterocycles. The molecule has 5 heteroatoms. The van der Waals surface area contributed by atoms with Gasteiger partial charge >= 0.3 is 0 Å². The fraction of sp³-hybridized carbons (Fsp3) is 0. The van der Waals surface area contributed by atoms with Crippen LogP contribution in [0.15, 0.2) is 140 Å². The highest BCUT2D eigenvalue weighted by molar-refractivity contribution is 7.26. The van der Waals surface area contributed by atoms with E-state index in [-0.39, 0.29) is 0 Å². The van der Waals surface area contributed by atoms with Crippen molar-refractivity contribution in [3.8, 4) is 17.2 Å². The van der Waals surface area contributed by atoms with Crippen LogP contribution in [0.5, 0.6) is 0 Å². The Bertz CT molecular complexity index is 3090. The Balaban J connectivity index is 1.21. The van der Waals surface area contributed by atoms with E-state index < -0.39 is 0 Å². The maximum absolute atomic E-state index is 5.44. The molecule has 11 rings (SSSR count). The lowest BCUT2D eigenvalue weighted by Crippen LogP contribution is -2.03. The van der Waals surface area contributed by atoms with Crippen LogP contribution >= 0.6 is 22.7 Å². The lowest BCUT2D eigenvalue weighted by atomic mass is 10.0. The molecule has 0 amide bonds. The number of para-hydroxylation sites is 2. The van der Waals surface area contributed by atoms with Crippen LogP contribution in [-0.4, -0.2) is 14.5 Å². The van der Waals surface area contributed by atoms with E-state index in [0.717, 1.165) is 33.2 Å². The van der Waals surface area contributed by atoms with Gasteiger partial charge in [-0.15, -0.1) is 22.7 Å². The zero-order valence-electron chi connectivity index (χ0n) is 24.9. The number of hydrogen-bond donors (Lipinski definition) is 0. The molecule has 0 saturated heterocycles. The fourth-order valence-corrected chi connectivity index (χ4v) is 9.85. The quantitative estimate of drug-likeness (QED) is 0.190. The summed E-state index contributed by atoms with van der Waals surface area (Å²) in [5.41, 5.74) is 5.26. The Kier molecular flexibility index (Phi) is 5.14. The van der Waals surface area contributed by atoms with Gasteiger partial charge in [0.2, 0.25) is 5.95 Å². The lowest BCUT2D eigenvalue weighted by Gasteiger charge is -2.12. The van der Waals surface area contributed by atoms with Crippen LogP contribution in [0.2, 0.25) is 0 Å². The highest BCUT2D eigenvalue weighted by atomic mass is 32.1. The molecule has 0 N–H and O–H groups in total. The van der Waals surface area contributed by atoms with Crippen LogP contribution < -0.4 is 0 Å². The van der Waals surface area contributed by atoms with Gasteiger partial charge in [-0.25, -0.2) is 9.97 Å². The van der Waals surface area contributed by atoms with Gasteiger partial charge in [0.1, 0.15) is 0 Å². The molecule has 47 heavy (non-hydrogen) atoms.